The van der Waals surface area contributed by atoms with Crippen molar-refractivity contribution in [1.82, 2.24) is 15.6 Å². The van der Waals surface area contributed by atoms with Crippen LogP contribution in [0.2, 0.25) is 0 Å². The van der Waals surface area contributed by atoms with E-state index in [-0.39, 0.29) is 11.9 Å². The number of aromatic nitrogens is 1. The maximum atomic E-state index is 13.8. The number of halogens is 1. The number of benzene rings is 1. The van der Waals surface area contributed by atoms with Crippen LogP contribution in [0, 0.1) is 12.7 Å². The monoisotopic (exact) mass is 344 g/mol. The summed E-state index contributed by atoms with van der Waals surface area (Å²) in [6.07, 6.45) is 1.74. The molecule has 1 aromatic heterocycles. The second kappa shape index (κ2) is 9.01. The summed E-state index contributed by atoms with van der Waals surface area (Å²) in [7, 11) is 1.59. The minimum Gasteiger partial charge on any atom is -0.481 e. The van der Waals surface area contributed by atoms with E-state index in [2.05, 4.69) is 20.6 Å². The third-order valence-corrected chi connectivity index (χ3v) is 3.82. The van der Waals surface area contributed by atoms with Crippen molar-refractivity contribution in [2.24, 2.45) is 4.99 Å². The van der Waals surface area contributed by atoms with Crippen LogP contribution in [0.1, 0.15) is 36.6 Å². The average molecular weight is 344 g/mol. The van der Waals surface area contributed by atoms with Crippen molar-refractivity contribution in [2.45, 2.75) is 33.4 Å². The minimum atomic E-state index is -0.197. The highest BCUT2D eigenvalue weighted by molar-refractivity contribution is 5.80. The molecule has 6 heteroatoms. The average Bonchev–Trinajstić information content (AvgIpc) is 2.62. The number of nitrogens with one attached hydrogen (secondary N) is 2. The molecule has 1 aromatic carbocycles. The summed E-state index contributed by atoms with van der Waals surface area (Å²) in [6.45, 7) is 6.96. The van der Waals surface area contributed by atoms with E-state index in [9.17, 15) is 4.39 Å². The van der Waals surface area contributed by atoms with E-state index >= 15 is 0 Å². The first-order valence-electron chi connectivity index (χ1n) is 8.33. The molecule has 0 bridgehead atoms. The number of guanidine groups is 1. The Morgan fingerprint density at radius 3 is 2.72 bits per heavy atom. The lowest BCUT2D eigenvalue weighted by molar-refractivity contribution is 0.397. The molecule has 2 N–H and O–H groups in total. The fourth-order valence-corrected chi connectivity index (χ4v) is 2.28. The van der Waals surface area contributed by atoms with Crippen LogP contribution in [-0.4, -0.2) is 24.6 Å². The van der Waals surface area contributed by atoms with Gasteiger partial charge in [0.05, 0.1) is 19.7 Å². The topological polar surface area (TPSA) is 58.5 Å². The van der Waals surface area contributed by atoms with Gasteiger partial charge in [0.1, 0.15) is 5.82 Å². The van der Waals surface area contributed by atoms with Gasteiger partial charge in [-0.2, -0.15) is 0 Å². The number of nitrogens with zero attached hydrogens (tertiary/aromatic N) is 2. The summed E-state index contributed by atoms with van der Waals surface area (Å²) in [5.41, 5.74) is 2.50. The largest absolute Gasteiger partial charge is 0.481 e. The molecule has 1 atom stereocenters. The first-order valence-corrected chi connectivity index (χ1v) is 8.33. The second-order valence-corrected chi connectivity index (χ2v) is 5.78. The minimum absolute atomic E-state index is 0.0677. The molecule has 0 fully saturated rings. The lowest BCUT2D eigenvalue weighted by Gasteiger charge is -2.18. The van der Waals surface area contributed by atoms with Crippen LogP contribution < -0.4 is 15.4 Å². The molecule has 0 amide bonds. The highest BCUT2D eigenvalue weighted by Gasteiger charge is 2.09. The first-order chi connectivity index (χ1) is 12.0. The Kier molecular flexibility index (Phi) is 6.74. The molecular weight excluding hydrogens is 319 g/mol. The van der Waals surface area contributed by atoms with Crippen LogP contribution in [0.15, 0.2) is 41.5 Å². The van der Waals surface area contributed by atoms with E-state index in [1.54, 1.807) is 32.4 Å². The fraction of sp³-hybridized carbons (Fsp3) is 0.368. The highest BCUT2D eigenvalue weighted by atomic mass is 19.1. The van der Waals surface area contributed by atoms with Crippen LogP contribution in [0.4, 0.5) is 4.39 Å². The highest BCUT2D eigenvalue weighted by Crippen LogP contribution is 2.16. The molecule has 1 heterocycles. The summed E-state index contributed by atoms with van der Waals surface area (Å²) >= 11 is 0. The van der Waals surface area contributed by atoms with Gasteiger partial charge in [-0.15, -0.1) is 0 Å². The zero-order chi connectivity index (χ0) is 18.2. The van der Waals surface area contributed by atoms with Crippen LogP contribution in [0.3, 0.4) is 0 Å². The van der Waals surface area contributed by atoms with Crippen LogP contribution in [0.5, 0.6) is 5.88 Å². The molecule has 25 heavy (non-hydrogen) atoms. The number of aryl methyl sites for hydroxylation is 1. The van der Waals surface area contributed by atoms with E-state index in [0.29, 0.717) is 23.9 Å². The predicted octanol–water partition coefficient (Wildman–Crippen LogP) is 3.35. The van der Waals surface area contributed by atoms with Crippen LogP contribution >= 0.6 is 0 Å². The Morgan fingerprint density at radius 1 is 1.32 bits per heavy atom. The Labute approximate surface area is 148 Å². The lowest BCUT2D eigenvalue weighted by atomic mass is 10.1. The molecule has 1 unspecified atom stereocenters. The van der Waals surface area contributed by atoms with Gasteiger partial charge in [-0.25, -0.2) is 14.4 Å². The normalized spacial score (nSPS) is 12.6. The van der Waals surface area contributed by atoms with Gasteiger partial charge >= 0.3 is 0 Å². The van der Waals surface area contributed by atoms with E-state index < -0.39 is 0 Å². The molecule has 2 rings (SSSR count). The predicted molar refractivity (Wildman–Crippen MR) is 98.3 cm³/mol. The summed E-state index contributed by atoms with van der Waals surface area (Å²) in [6, 6.07) is 8.94. The molecule has 5 nitrogen and oxygen atoms in total. The molecule has 2 aromatic rings. The zero-order valence-corrected chi connectivity index (χ0v) is 15.1. The van der Waals surface area contributed by atoms with Gasteiger partial charge in [0.15, 0.2) is 5.96 Å². The van der Waals surface area contributed by atoms with E-state index in [1.807, 2.05) is 32.0 Å². The van der Waals surface area contributed by atoms with Crippen molar-refractivity contribution in [3.05, 3.63) is 59.0 Å². The molecule has 0 aliphatic rings. The van der Waals surface area contributed by atoms with Crippen molar-refractivity contribution in [3.63, 3.8) is 0 Å². The number of rotatable bonds is 6. The summed E-state index contributed by atoms with van der Waals surface area (Å²) in [5, 5.41) is 6.50. The maximum Gasteiger partial charge on any atom is 0.212 e. The second-order valence-electron chi connectivity index (χ2n) is 5.78. The van der Waals surface area contributed by atoms with Crippen molar-refractivity contribution < 1.29 is 9.13 Å². The van der Waals surface area contributed by atoms with Gasteiger partial charge in [-0.1, -0.05) is 18.2 Å². The molecule has 0 saturated heterocycles. The number of ether oxygens (including phenoxy) is 1. The number of methoxy groups -OCH3 is 1. The molecule has 0 spiro atoms. The lowest BCUT2D eigenvalue weighted by Crippen LogP contribution is -2.38. The van der Waals surface area contributed by atoms with Gasteiger partial charge in [0, 0.05) is 18.8 Å². The number of aliphatic imine (C=N–C) groups is 1. The molecule has 0 saturated carbocycles. The smallest absolute Gasteiger partial charge is 0.212 e. The van der Waals surface area contributed by atoms with Gasteiger partial charge in [-0.05, 0) is 43.5 Å². The summed E-state index contributed by atoms with van der Waals surface area (Å²) in [5.74, 6) is 1.05. The molecule has 0 aliphatic heterocycles. The van der Waals surface area contributed by atoms with Gasteiger partial charge < -0.3 is 15.4 Å². The number of hydrogen-bond acceptors (Lipinski definition) is 3. The van der Waals surface area contributed by atoms with Crippen molar-refractivity contribution in [1.29, 1.82) is 0 Å². The number of hydrogen-bond donors (Lipinski definition) is 2. The van der Waals surface area contributed by atoms with Crippen molar-refractivity contribution in [3.8, 4) is 5.88 Å². The Bertz CT molecular complexity index is 716. The third-order valence-electron chi connectivity index (χ3n) is 3.82. The quantitative estimate of drug-likeness (QED) is 0.623. The molecule has 0 radical (unpaired) electrons. The van der Waals surface area contributed by atoms with Gasteiger partial charge in [0.25, 0.3) is 0 Å². The van der Waals surface area contributed by atoms with Crippen LogP contribution in [-0.2, 0) is 6.54 Å². The van der Waals surface area contributed by atoms with Gasteiger partial charge in [0.2, 0.25) is 5.88 Å². The van der Waals surface area contributed by atoms with Crippen molar-refractivity contribution >= 4 is 5.96 Å². The Hall–Kier alpha value is -2.63. The van der Waals surface area contributed by atoms with Crippen LogP contribution in [0.25, 0.3) is 0 Å². The van der Waals surface area contributed by atoms with E-state index in [4.69, 9.17) is 4.74 Å². The standard InChI is InChI=1S/C19H25FN4O/c1-5-21-19(23-12-15-7-9-18(25-4)22-11-15)24-14(3)16-8-6-13(2)17(20)10-16/h6-11,14H,5,12H2,1-4H3,(H2,21,23,24). The third kappa shape index (κ3) is 5.45. The Balaban J connectivity index is 2.06. The zero-order valence-electron chi connectivity index (χ0n) is 15.1. The Morgan fingerprint density at radius 2 is 2.12 bits per heavy atom. The van der Waals surface area contributed by atoms with E-state index in [1.165, 1.54) is 0 Å². The fourth-order valence-electron chi connectivity index (χ4n) is 2.28. The van der Waals surface area contributed by atoms with Gasteiger partial charge in [-0.3, -0.25) is 0 Å². The maximum absolute atomic E-state index is 13.8. The SMILES string of the molecule is CCNC(=NCc1ccc(OC)nc1)NC(C)c1ccc(C)c(F)c1. The molecule has 134 valence electrons. The summed E-state index contributed by atoms with van der Waals surface area (Å²) < 4.78 is 18.8. The van der Waals surface area contributed by atoms with E-state index in [0.717, 1.165) is 17.7 Å². The summed E-state index contributed by atoms with van der Waals surface area (Å²) in [4.78, 5) is 8.74. The number of pyridine rings is 1. The van der Waals surface area contributed by atoms with Crippen molar-refractivity contribution in [2.75, 3.05) is 13.7 Å². The first kappa shape index (κ1) is 18.7. The molecule has 0 aliphatic carbocycles. The molecular formula is C19H25FN4O.